The summed E-state index contributed by atoms with van der Waals surface area (Å²) in [4.78, 5) is 38.2. The van der Waals surface area contributed by atoms with Crippen molar-refractivity contribution < 1.29 is 29.0 Å². The predicted molar refractivity (Wildman–Crippen MR) is 128 cm³/mol. The van der Waals surface area contributed by atoms with Gasteiger partial charge in [0.1, 0.15) is 12.7 Å². The number of carbonyl (C=O) groups excluding carboxylic acids is 2. The highest BCUT2D eigenvalue weighted by atomic mass is 16.5. The van der Waals surface area contributed by atoms with Crippen molar-refractivity contribution in [3.8, 4) is 11.1 Å². The molecular formula is C27H28N2O6. The Labute approximate surface area is 203 Å². The molecule has 8 heteroatoms. The summed E-state index contributed by atoms with van der Waals surface area (Å²) in [6.45, 7) is 1.56. The first kappa shape index (κ1) is 23.1. The molecule has 3 aliphatic rings. The van der Waals surface area contributed by atoms with Crippen LogP contribution in [0.3, 0.4) is 0 Å². The first-order valence-corrected chi connectivity index (χ1v) is 11.9. The molecule has 182 valence electrons. The summed E-state index contributed by atoms with van der Waals surface area (Å²) >= 11 is 0. The number of carboxylic acid groups (broad SMARTS) is 1. The number of nitrogens with zero attached hydrogens (tertiary/aromatic N) is 1. The highest BCUT2D eigenvalue weighted by Gasteiger charge is 2.37. The van der Waals surface area contributed by atoms with Gasteiger partial charge in [-0.3, -0.25) is 4.79 Å². The van der Waals surface area contributed by atoms with Gasteiger partial charge in [0, 0.05) is 43.7 Å². The van der Waals surface area contributed by atoms with E-state index in [0.29, 0.717) is 31.6 Å². The van der Waals surface area contributed by atoms with Crippen LogP contribution in [0.5, 0.6) is 0 Å². The number of hydrogen-bond acceptors (Lipinski definition) is 5. The Morgan fingerprint density at radius 3 is 2.37 bits per heavy atom. The summed E-state index contributed by atoms with van der Waals surface area (Å²) in [6, 6.07) is 16.3. The minimum Gasteiger partial charge on any atom is -0.478 e. The van der Waals surface area contributed by atoms with Gasteiger partial charge in [-0.2, -0.15) is 0 Å². The van der Waals surface area contributed by atoms with Crippen molar-refractivity contribution in [3.05, 3.63) is 71.3 Å². The molecule has 0 saturated carbocycles. The molecule has 5 rings (SSSR count). The molecule has 2 N–H and O–H groups in total. The molecule has 2 amide bonds. The first-order valence-electron chi connectivity index (χ1n) is 11.9. The molecule has 1 saturated heterocycles. The third-order valence-electron chi connectivity index (χ3n) is 7.11. The van der Waals surface area contributed by atoms with E-state index in [4.69, 9.17) is 14.6 Å². The SMILES string of the molecule is O=C(NC[C@H]1CCO[C@H]1C(=O)N1CC=C(C(=O)O)CC1)OCC1c2ccccc2-c2ccccc21. The molecule has 2 aromatic rings. The quantitative estimate of drug-likeness (QED) is 0.664. The van der Waals surface area contributed by atoms with Gasteiger partial charge in [0.05, 0.1) is 0 Å². The van der Waals surface area contributed by atoms with Gasteiger partial charge >= 0.3 is 12.1 Å². The van der Waals surface area contributed by atoms with E-state index in [2.05, 4.69) is 29.6 Å². The molecular weight excluding hydrogens is 448 g/mol. The van der Waals surface area contributed by atoms with Crippen LogP contribution in [0.15, 0.2) is 60.2 Å². The fourth-order valence-corrected chi connectivity index (χ4v) is 5.22. The molecule has 0 aromatic heterocycles. The van der Waals surface area contributed by atoms with Crippen molar-refractivity contribution in [1.82, 2.24) is 10.2 Å². The van der Waals surface area contributed by atoms with Gasteiger partial charge in [-0.15, -0.1) is 0 Å². The lowest BCUT2D eigenvalue weighted by Crippen LogP contribution is -2.46. The molecule has 2 heterocycles. The number of aliphatic carboxylic acids is 1. The molecule has 0 radical (unpaired) electrons. The van der Waals surface area contributed by atoms with Gasteiger partial charge < -0.3 is 24.8 Å². The highest BCUT2D eigenvalue weighted by molar-refractivity contribution is 5.88. The van der Waals surface area contributed by atoms with Gasteiger partial charge in [-0.25, -0.2) is 9.59 Å². The maximum atomic E-state index is 12.9. The zero-order chi connectivity index (χ0) is 24.4. The van der Waals surface area contributed by atoms with E-state index in [1.54, 1.807) is 11.0 Å². The largest absolute Gasteiger partial charge is 0.478 e. The summed E-state index contributed by atoms with van der Waals surface area (Å²) < 4.78 is 11.3. The molecule has 1 aliphatic carbocycles. The van der Waals surface area contributed by atoms with Crippen molar-refractivity contribution in [3.63, 3.8) is 0 Å². The Hall–Kier alpha value is -3.65. The van der Waals surface area contributed by atoms with Crippen molar-refractivity contribution in [1.29, 1.82) is 0 Å². The summed E-state index contributed by atoms with van der Waals surface area (Å²) in [5, 5.41) is 11.9. The van der Waals surface area contributed by atoms with Crippen LogP contribution in [0.1, 0.15) is 29.9 Å². The van der Waals surface area contributed by atoms with Crippen LogP contribution in [0, 0.1) is 5.92 Å². The molecule has 1 fully saturated rings. The number of fused-ring (bicyclic) bond motifs is 3. The number of amides is 2. The Bertz CT molecular complexity index is 1130. The van der Waals surface area contributed by atoms with Crippen LogP contribution >= 0.6 is 0 Å². The summed E-state index contributed by atoms with van der Waals surface area (Å²) in [5.41, 5.74) is 4.97. The average Bonchev–Trinajstić information content (AvgIpc) is 3.48. The molecule has 2 aliphatic heterocycles. The minimum atomic E-state index is -0.945. The number of rotatable bonds is 6. The van der Waals surface area contributed by atoms with Crippen LogP contribution in [-0.2, 0) is 19.1 Å². The van der Waals surface area contributed by atoms with E-state index in [9.17, 15) is 14.4 Å². The number of hydrogen-bond donors (Lipinski definition) is 2. The van der Waals surface area contributed by atoms with E-state index >= 15 is 0 Å². The van der Waals surface area contributed by atoms with E-state index in [-0.39, 0.29) is 37.4 Å². The average molecular weight is 477 g/mol. The summed E-state index contributed by atoms with van der Waals surface area (Å²) in [7, 11) is 0. The molecule has 2 atom stereocenters. The molecule has 0 unspecified atom stereocenters. The number of carbonyl (C=O) groups is 3. The van der Waals surface area contributed by atoms with Crippen molar-refractivity contribution in [2.24, 2.45) is 5.92 Å². The second kappa shape index (κ2) is 9.92. The second-order valence-electron chi connectivity index (χ2n) is 9.12. The fraction of sp³-hybridized carbons (Fsp3) is 0.370. The Kier molecular flexibility index (Phi) is 6.55. The Balaban J connectivity index is 1.15. The molecule has 2 aromatic carbocycles. The molecule has 0 bridgehead atoms. The van der Waals surface area contributed by atoms with Crippen LogP contribution in [0.25, 0.3) is 11.1 Å². The maximum Gasteiger partial charge on any atom is 0.407 e. The number of alkyl carbamates (subject to hydrolysis) is 1. The smallest absolute Gasteiger partial charge is 0.407 e. The standard InChI is InChI=1S/C27H28N2O6/c30-25(29-12-9-17(10-13-29)26(31)32)24-18(11-14-34-24)15-28-27(33)35-16-23-21-7-3-1-5-19(21)20-6-2-4-8-22(20)23/h1-9,18,23-24H,10-16H2,(H,28,33)(H,31,32)/t18-,24-/m1/s1. The van der Waals surface area contributed by atoms with E-state index < -0.39 is 18.2 Å². The molecule has 35 heavy (non-hydrogen) atoms. The molecule has 0 spiro atoms. The van der Waals surface area contributed by atoms with Gasteiger partial charge in [-0.1, -0.05) is 54.6 Å². The maximum absolute atomic E-state index is 12.9. The number of ether oxygens (including phenoxy) is 2. The van der Waals surface area contributed by atoms with Crippen LogP contribution in [0.4, 0.5) is 4.79 Å². The zero-order valence-electron chi connectivity index (χ0n) is 19.3. The predicted octanol–water partition coefficient (Wildman–Crippen LogP) is 3.17. The molecule has 8 nitrogen and oxygen atoms in total. The van der Waals surface area contributed by atoms with Gasteiger partial charge in [-0.05, 0) is 35.1 Å². The Morgan fingerprint density at radius 1 is 1.06 bits per heavy atom. The first-order chi connectivity index (χ1) is 17.0. The normalized spacial score (nSPS) is 21.1. The van der Waals surface area contributed by atoms with E-state index in [1.165, 1.54) is 11.1 Å². The van der Waals surface area contributed by atoms with Crippen LogP contribution < -0.4 is 5.32 Å². The second-order valence-corrected chi connectivity index (χ2v) is 9.12. The van der Waals surface area contributed by atoms with Crippen molar-refractivity contribution >= 4 is 18.0 Å². The van der Waals surface area contributed by atoms with Crippen LogP contribution in [-0.4, -0.2) is 66.9 Å². The summed E-state index contributed by atoms with van der Waals surface area (Å²) in [5.74, 6) is -1.28. The lowest BCUT2D eigenvalue weighted by molar-refractivity contribution is -0.143. The van der Waals surface area contributed by atoms with Crippen molar-refractivity contribution in [2.75, 3.05) is 32.8 Å². The lowest BCUT2D eigenvalue weighted by atomic mass is 9.98. The third-order valence-corrected chi connectivity index (χ3v) is 7.11. The minimum absolute atomic E-state index is 0.0138. The Morgan fingerprint density at radius 2 is 1.74 bits per heavy atom. The summed E-state index contributed by atoms with van der Waals surface area (Å²) in [6.07, 6.45) is 1.38. The van der Waals surface area contributed by atoms with Gasteiger partial charge in [0.25, 0.3) is 5.91 Å². The lowest BCUT2D eigenvalue weighted by Gasteiger charge is -2.29. The zero-order valence-corrected chi connectivity index (χ0v) is 19.3. The number of carboxylic acids is 1. The van der Waals surface area contributed by atoms with Crippen LogP contribution in [0.2, 0.25) is 0 Å². The highest BCUT2D eigenvalue weighted by Crippen LogP contribution is 2.44. The number of nitrogens with one attached hydrogen (secondary N) is 1. The number of benzene rings is 2. The van der Waals surface area contributed by atoms with Crippen molar-refractivity contribution in [2.45, 2.75) is 24.9 Å². The monoisotopic (exact) mass is 476 g/mol. The van der Waals surface area contributed by atoms with Gasteiger partial charge in [0.15, 0.2) is 0 Å². The third kappa shape index (κ3) is 4.66. The fourth-order valence-electron chi connectivity index (χ4n) is 5.22. The van der Waals surface area contributed by atoms with Gasteiger partial charge in [0.2, 0.25) is 0 Å². The van der Waals surface area contributed by atoms with E-state index in [0.717, 1.165) is 11.1 Å². The van der Waals surface area contributed by atoms with E-state index in [1.807, 2.05) is 24.3 Å². The topological polar surface area (TPSA) is 105 Å².